The second-order valence-corrected chi connectivity index (χ2v) is 9.27. The molecule has 6 nitrogen and oxygen atoms in total. The molecule has 0 aliphatic carbocycles. The highest BCUT2D eigenvalue weighted by Crippen LogP contribution is 2.27. The molecule has 1 heterocycles. The Morgan fingerprint density at radius 1 is 1.00 bits per heavy atom. The highest BCUT2D eigenvalue weighted by atomic mass is 32.2. The first-order valence-electron chi connectivity index (χ1n) is 9.30. The number of hydrogen-bond acceptors (Lipinski definition) is 5. The zero-order valence-corrected chi connectivity index (χ0v) is 17.8. The van der Waals surface area contributed by atoms with Crippen molar-refractivity contribution in [2.24, 2.45) is 0 Å². The quantitative estimate of drug-likeness (QED) is 0.649. The van der Waals surface area contributed by atoms with Crippen LogP contribution in [0.25, 0.3) is 11.3 Å². The van der Waals surface area contributed by atoms with Crippen LogP contribution >= 0.6 is 0 Å². The molecule has 152 valence electrons. The normalized spacial score (nSPS) is 11.4. The predicted octanol–water partition coefficient (Wildman–Crippen LogP) is 4.38. The number of carbonyl (C=O) groups excluding carboxylic acids is 1. The van der Waals surface area contributed by atoms with Gasteiger partial charge in [0.1, 0.15) is 0 Å². The summed E-state index contributed by atoms with van der Waals surface area (Å²) in [5.41, 5.74) is 4.58. The van der Waals surface area contributed by atoms with Crippen LogP contribution in [0.1, 0.15) is 28.8 Å². The molecule has 3 rings (SSSR count). The van der Waals surface area contributed by atoms with E-state index in [4.69, 9.17) is 4.52 Å². The maximum atomic E-state index is 12.9. The molecular formula is C22H24N2O4S. The molecule has 1 N–H and O–H groups in total. The lowest BCUT2D eigenvalue weighted by Gasteiger charge is -2.12. The van der Waals surface area contributed by atoms with E-state index in [-0.39, 0.29) is 23.0 Å². The fraction of sp³-hybridized carbons (Fsp3) is 0.273. The van der Waals surface area contributed by atoms with Crippen molar-refractivity contribution in [2.75, 3.05) is 11.1 Å². The van der Waals surface area contributed by atoms with Crippen LogP contribution in [0, 0.1) is 27.7 Å². The van der Waals surface area contributed by atoms with E-state index in [9.17, 15) is 13.2 Å². The summed E-state index contributed by atoms with van der Waals surface area (Å²) in [4.78, 5) is 12.6. The first-order chi connectivity index (χ1) is 13.7. The van der Waals surface area contributed by atoms with E-state index in [0.29, 0.717) is 22.6 Å². The third-order valence-electron chi connectivity index (χ3n) is 4.78. The standard InChI is InChI=1S/C22H24N2O4S/c1-14-8-9-18(19-12-17(4)24-28-19)13-20(14)29(26,27)11-10-21(25)23-22-15(2)6-5-7-16(22)3/h5-9,12-13H,10-11H2,1-4H3,(H,23,25). The van der Waals surface area contributed by atoms with Crippen LogP contribution in [0.15, 0.2) is 51.9 Å². The molecule has 0 saturated carbocycles. The first kappa shape index (κ1) is 20.8. The third kappa shape index (κ3) is 4.74. The van der Waals surface area contributed by atoms with Crippen molar-refractivity contribution in [3.63, 3.8) is 0 Å². The van der Waals surface area contributed by atoms with Gasteiger partial charge in [-0.05, 0) is 50.5 Å². The predicted molar refractivity (Wildman–Crippen MR) is 113 cm³/mol. The molecular weight excluding hydrogens is 388 g/mol. The van der Waals surface area contributed by atoms with Gasteiger partial charge in [0.05, 0.1) is 16.3 Å². The largest absolute Gasteiger partial charge is 0.356 e. The molecule has 3 aromatic rings. The van der Waals surface area contributed by atoms with Crippen LogP contribution in [-0.4, -0.2) is 25.2 Å². The number of aryl methyl sites for hydroxylation is 4. The number of anilines is 1. The van der Waals surface area contributed by atoms with Gasteiger partial charge < -0.3 is 9.84 Å². The van der Waals surface area contributed by atoms with Crippen molar-refractivity contribution in [2.45, 2.75) is 39.0 Å². The average Bonchev–Trinajstić information content (AvgIpc) is 3.10. The van der Waals surface area contributed by atoms with E-state index < -0.39 is 9.84 Å². The summed E-state index contributed by atoms with van der Waals surface area (Å²) in [7, 11) is -3.65. The number of amides is 1. The minimum absolute atomic E-state index is 0.124. The van der Waals surface area contributed by atoms with Gasteiger partial charge >= 0.3 is 0 Å². The number of hydrogen-bond donors (Lipinski definition) is 1. The van der Waals surface area contributed by atoms with Gasteiger partial charge in [-0.15, -0.1) is 0 Å². The number of aromatic nitrogens is 1. The summed E-state index contributed by atoms with van der Waals surface area (Å²) in [6.45, 7) is 7.34. The van der Waals surface area contributed by atoms with Crippen LogP contribution in [-0.2, 0) is 14.6 Å². The van der Waals surface area contributed by atoms with Gasteiger partial charge in [-0.3, -0.25) is 4.79 Å². The maximum Gasteiger partial charge on any atom is 0.225 e. The van der Waals surface area contributed by atoms with Crippen LogP contribution in [0.2, 0.25) is 0 Å². The monoisotopic (exact) mass is 412 g/mol. The lowest BCUT2D eigenvalue weighted by atomic mass is 10.1. The van der Waals surface area contributed by atoms with E-state index in [2.05, 4.69) is 10.5 Å². The number of nitrogens with one attached hydrogen (secondary N) is 1. The van der Waals surface area contributed by atoms with Crippen molar-refractivity contribution in [3.8, 4) is 11.3 Å². The SMILES string of the molecule is Cc1cc(-c2ccc(C)c(S(=O)(=O)CCC(=O)Nc3c(C)cccc3C)c2)on1. The first-order valence-corrected chi connectivity index (χ1v) is 11.0. The molecule has 0 fully saturated rings. The third-order valence-corrected chi connectivity index (χ3v) is 6.63. The molecule has 0 aliphatic rings. The highest BCUT2D eigenvalue weighted by Gasteiger charge is 2.21. The van der Waals surface area contributed by atoms with Gasteiger partial charge in [0.2, 0.25) is 5.91 Å². The number of sulfone groups is 1. The Hall–Kier alpha value is -2.93. The Kier molecular flexibility index (Phi) is 5.88. The molecule has 0 bridgehead atoms. The van der Waals surface area contributed by atoms with Gasteiger partial charge in [0.15, 0.2) is 15.6 Å². The minimum Gasteiger partial charge on any atom is -0.356 e. The van der Waals surface area contributed by atoms with E-state index in [1.807, 2.05) is 32.0 Å². The molecule has 7 heteroatoms. The maximum absolute atomic E-state index is 12.9. The Bertz CT molecular complexity index is 1140. The van der Waals surface area contributed by atoms with E-state index >= 15 is 0 Å². The summed E-state index contributed by atoms with van der Waals surface area (Å²) in [5, 5.41) is 6.67. The smallest absolute Gasteiger partial charge is 0.225 e. The molecule has 29 heavy (non-hydrogen) atoms. The minimum atomic E-state index is -3.65. The zero-order valence-electron chi connectivity index (χ0n) is 16.9. The number of nitrogens with zero attached hydrogens (tertiary/aromatic N) is 1. The van der Waals surface area contributed by atoms with Gasteiger partial charge in [-0.2, -0.15) is 0 Å². The van der Waals surface area contributed by atoms with E-state index in [1.54, 1.807) is 38.1 Å². The second kappa shape index (κ2) is 8.21. The molecule has 1 aromatic heterocycles. The molecule has 2 aromatic carbocycles. The summed E-state index contributed by atoms with van der Waals surface area (Å²) in [6.07, 6.45) is -0.124. The van der Waals surface area contributed by atoms with Crippen molar-refractivity contribution in [1.82, 2.24) is 5.16 Å². The van der Waals surface area contributed by atoms with Crippen LogP contribution in [0.5, 0.6) is 0 Å². The number of benzene rings is 2. The number of carbonyl (C=O) groups is 1. The lowest BCUT2D eigenvalue weighted by Crippen LogP contribution is -2.19. The van der Waals surface area contributed by atoms with E-state index in [1.165, 1.54) is 0 Å². The molecule has 0 unspecified atom stereocenters. The number of para-hydroxylation sites is 1. The molecule has 0 spiro atoms. The molecule has 0 saturated heterocycles. The van der Waals surface area contributed by atoms with Crippen molar-refractivity contribution < 1.29 is 17.7 Å². The van der Waals surface area contributed by atoms with Crippen molar-refractivity contribution in [3.05, 3.63) is 64.8 Å². The zero-order chi connectivity index (χ0) is 21.2. The number of rotatable bonds is 6. The second-order valence-electron chi connectivity index (χ2n) is 7.20. The topological polar surface area (TPSA) is 89.3 Å². The molecule has 0 radical (unpaired) electrons. The fourth-order valence-corrected chi connectivity index (χ4v) is 4.68. The van der Waals surface area contributed by atoms with Crippen molar-refractivity contribution >= 4 is 21.4 Å². The average molecular weight is 413 g/mol. The van der Waals surface area contributed by atoms with Gasteiger partial charge in [-0.1, -0.05) is 35.5 Å². The Balaban J connectivity index is 1.76. The van der Waals surface area contributed by atoms with E-state index in [0.717, 1.165) is 16.8 Å². The summed E-state index contributed by atoms with van der Waals surface area (Å²) >= 11 is 0. The van der Waals surface area contributed by atoms with Gasteiger partial charge in [0.25, 0.3) is 0 Å². The fourth-order valence-electron chi connectivity index (χ4n) is 3.14. The Labute approximate surface area is 170 Å². The van der Waals surface area contributed by atoms with Gasteiger partial charge in [0, 0.05) is 23.7 Å². The summed E-state index contributed by atoms with van der Waals surface area (Å²) < 4.78 is 31.0. The molecule has 0 aliphatic heterocycles. The molecule has 1 amide bonds. The van der Waals surface area contributed by atoms with Gasteiger partial charge in [-0.25, -0.2) is 8.42 Å². The van der Waals surface area contributed by atoms with Crippen LogP contribution in [0.3, 0.4) is 0 Å². The lowest BCUT2D eigenvalue weighted by molar-refractivity contribution is -0.115. The summed E-state index contributed by atoms with van der Waals surface area (Å²) in [5.74, 6) is -0.0962. The van der Waals surface area contributed by atoms with Crippen LogP contribution in [0.4, 0.5) is 5.69 Å². The molecule has 0 atom stereocenters. The summed E-state index contributed by atoms with van der Waals surface area (Å²) in [6, 6.07) is 12.6. The Morgan fingerprint density at radius 2 is 1.69 bits per heavy atom. The van der Waals surface area contributed by atoms with Crippen LogP contribution < -0.4 is 5.32 Å². The van der Waals surface area contributed by atoms with Crippen molar-refractivity contribution in [1.29, 1.82) is 0 Å². The highest BCUT2D eigenvalue weighted by molar-refractivity contribution is 7.91. The Morgan fingerprint density at radius 3 is 2.31 bits per heavy atom.